The van der Waals surface area contributed by atoms with Crippen LogP contribution >= 0.6 is 0 Å². The zero-order valence-corrected chi connectivity index (χ0v) is 12.9. The van der Waals surface area contributed by atoms with Crippen molar-refractivity contribution in [2.24, 2.45) is 0 Å². The van der Waals surface area contributed by atoms with Gasteiger partial charge in [0, 0.05) is 11.1 Å². The van der Waals surface area contributed by atoms with Gasteiger partial charge in [-0.1, -0.05) is 17.2 Å². The van der Waals surface area contributed by atoms with Crippen LogP contribution in [0.2, 0.25) is 0 Å². The molecule has 0 unspecified atom stereocenters. The lowest BCUT2D eigenvalue weighted by atomic mass is 9.89. The van der Waals surface area contributed by atoms with Crippen molar-refractivity contribution in [1.29, 1.82) is 0 Å². The second-order valence-corrected chi connectivity index (χ2v) is 6.01. The molecule has 0 radical (unpaired) electrons. The number of nitrogens with one attached hydrogen (secondary N) is 1. The molecule has 1 heterocycles. The van der Waals surface area contributed by atoms with Gasteiger partial charge in [0.1, 0.15) is 0 Å². The third-order valence-corrected chi connectivity index (χ3v) is 4.15. The lowest BCUT2D eigenvalue weighted by Gasteiger charge is -2.16. The normalized spacial score (nSPS) is 15.2. The molecule has 0 spiro atoms. The zero-order chi connectivity index (χ0) is 15.7. The summed E-state index contributed by atoms with van der Waals surface area (Å²) in [7, 11) is 0. The van der Waals surface area contributed by atoms with Gasteiger partial charge in [0.2, 0.25) is 0 Å². The van der Waals surface area contributed by atoms with Crippen molar-refractivity contribution in [3.8, 4) is 11.3 Å². The van der Waals surface area contributed by atoms with Crippen molar-refractivity contribution in [2.75, 3.05) is 0 Å². The standard InChI is InChI=1S/C18H20N2O2/c1-11-7-12(2)9-13(8-11)16-10-17(20-19-16)14-5-3-4-6-15(14)18(21)22/h7-10H,3-6H2,1-2H3,(H,19,20)(H,21,22). The number of H-pyrrole nitrogens is 1. The van der Waals surface area contributed by atoms with Crippen LogP contribution in [0.4, 0.5) is 0 Å². The zero-order valence-electron chi connectivity index (χ0n) is 12.9. The van der Waals surface area contributed by atoms with E-state index >= 15 is 0 Å². The van der Waals surface area contributed by atoms with Gasteiger partial charge in [0.05, 0.1) is 11.4 Å². The van der Waals surface area contributed by atoms with Crippen LogP contribution in [0.5, 0.6) is 0 Å². The van der Waals surface area contributed by atoms with Crippen LogP contribution in [0, 0.1) is 13.8 Å². The fraction of sp³-hybridized carbons (Fsp3) is 0.333. The minimum atomic E-state index is -0.808. The number of nitrogens with zero attached hydrogens (tertiary/aromatic N) is 1. The Hall–Kier alpha value is -2.36. The van der Waals surface area contributed by atoms with E-state index in [2.05, 4.69) is 42.2 Å². The maximum atomic E-state index is 11.4. The van der Waals surface area contributed by atoms with Crippen molar-refractivity contribution < 1.29 is 9.90 Å². The number of hydrogen-bond donors (Lipinski definition) is 2. The first-order valence-corrected chi connectivity index (χ1v) is 7.64. The quantitative estimate of drug-likeness (QED) is 0.896. The van der Waals surface area contributed by atoms with Gasteiger partial charge in [0.15, 0.2) is 0 Å². The van der Waals surface area contributed by atoms with E-state index in [9.17, 15) is 9.90 Å². The number of carboxylic acids is 1. The van der Waals surface area contributed by atoms with Gasteiger partial charge in [-0.25, -0.2) is 4.79 Å². The lowest BCUT2D eigenvalue weighted by Crippen LogP contribution is -2.08. The summed E-state index contributed by atoms with van der Waals surface area (Å²) in [5.74, 6) is -0.808. The molecule has 3 rings (SSSR count). The SMILES string of the molecule is Cc1cc(C)cc(-c2cc(C3=C(C(=O)O)CCCC3)[nH]n2)c1. The number of aryl methyl sites for hydroxylation is 2. The van der Waals surface area contributed by atoms with Crippen LogP contribution in [-0.4, -0.2) is 21.3 Å². The molecule has 0 amide bonds. The third-order valence-electron chi connectivity index (χ3n) is 4.15. The molecular weight excluding hydrogens is 276 g/mol. The second-order valence-electron chi connectivity index (χ2n) is 6.01. The topological polar surface area (TPSA) is 66.0 Å². The molecule has 2 N–H and O–H groups in total. The largest absolute Gasteiger partial charge is 0.478 e. The fourth-order valence-corrected chi connectivity index (χ4v) is 3.19. The van der Waals surface area contributed by atoms with Crippen molar-refractivity contribution in [2.45, 2.75) is 39.5 Å². The van der Waals surface area contributed by atoms with Crippen LogP contribution in [0.15, 0.2) is 29.8 Å². The molecule has 114 valence electrons. The highest BCUT2D eigenvalue weighted by Crippen LogP contribution is 2.33. The lowest BCUT2D eigenvalue weighted by molar-refractivity contribution is -0.132. The molecule has 1 aromatic heterocycles. The number of rotatable bonds is 3. The maximum absolute atomic E-state index is 11.4. The smallest absolute Gasteiger partial charge is 0.331 e. The third kappa shape index (κ3) is 2.82. The number of carbonyl (C=O) groups is 1. The Balaban J connectivity index is 2.01. The van der Waals surface area contributed by atoms with E-state index < -0.39 is 5.97 Å². The molecular formula is C18H20N2O2. The molecule has 0 aliphatic heterocycles. The summed E-state index contributed by atoms with van der Waals surface area (Å²) < 4.78 is 0. The Bertz CT molecular complexity index is 736. The molecule has 4 nitrogen and oxygen atoms in total. The summed E-state index contributed by atoms with van der Waals surface area (Å²) in [5, 5.41) is 16.8. The number of benzene rings is 1. The highest BCUT2D eigenvalue weighted by molar-refractivity contribution is 5.96. The number of allylic oxidation sites excluding steroid dienone is 1. The number of aromatic amines is 1. The van der Waals surface area contributed by atoms with Crippen LogP contribution in [0.1, 0.15) is 42.5 Å². The van der Waals surface area contributed by atoms with Crippen LogP contribution < -0.4 is 0 Å². The van der Waals surface area contributed by atoms with Crippen molar-refractivity contribution in [3.63, 3.8) is 0 Å². The highest BCUT2D eigenvalue weighted by Gasteiger charge is 2.21. The Kier molecular flexibility index (Phi) is 3.84. The van der Waals surface area contributed by atoms with Gasteiger partial charge < -0.3 is 5.11 Å². The molecule has 0 bridgehead atoms. The molecule has 4 heteroatoms. The summed E-state index contributed by atoms with van der Waals surface area (Å²) in [6.45, 7) is 4.13. The van der Waals surface area contributed by atoms with E-state index in [1.165, 1.54) is 11.1 Å². The molecule has 2 aromatic rings. The first-order valence-electron chi connectivity index (χ1n) is 7.64. The van der Waals surface area contributed by atoms with E-state index in [-0.39, 0.29) is 0 Å². The molecule has 0 saturated carbocycles. The Labute approximate surface area is 129 Å². The molecule has 0 saturated heterocycles. The van der Waals surface area contributed by atoms with E-state index in [1.54, 1.807) is 0 Å². The first-order chi connectivity index (χ1) is 10.5. The van der Waals surface area contributed by atoms with Gasteiger partial charge in [-0.05, 0) is 63.3 Å². The van der Waals surface area contributed by atoms with Crippen molar-refractivity contribution in [3.05, 3.63) is 46.7 Å². The summed E-state index contributed by atoms with van der Waals surface area (Å²) in [5.41, 5.74) is 6.60. The summed E-state index contributed by atoms with van der Waals surface area (Å²) in [6, 6.07) is 8.29. The minimum absolute atomic E-state index is 0.530. The van der Waals surface area contributed by atoms with Crippen molar-refractivity contribution in [1.82, 2.24) is 10.2 Å². The Morgan fingerprint density at radius 1 is 1.09 bits per heavy atom. The van der Waals surface area contributed by atoms with Gasteiger partial charge >= 0.3 is 5.97 Å². The highest BCUT2D eigenvalue weighted by atomic mass is 16.4. The molecule has 1 aromatic carbocycles. The maximum Gasteiger partial charge on any atom is 0.331 e. The number of hydrogen-bond acceptors (Lipinski definition) is 2. The molecule has 22 heavy (non-hydrogen) atoms. The van der Waals surface area contributed by atoms with Gasteiger partial charge in [-0.3, -0.25) is 5.10 Å². The number of aromatic nitrogens is 2. The predicted octanol–water partition coefficient (Wildman–Crippen LogP) is 4.11. The van der Waals surface area contributed by atoms with E-state index in [1.807, 2.05) is 6.07 Å². The summed E-state index contributed by atoms with van der Waals surface area (Å²) in [6.07, 6.45) is 3.42. The summed E-state index contributed by atoms with van der Waals surface area (Å²) >= 11 is 0. The van der Waals surface area contributed by atoms with Crippen LogP contribution in [-0.2, 0) is 4.79 Å². The molecule has 1 aliphatic rings. The van der Waals surface area contributed by atoms with Gasteiger partial charge in [0.25, 0.3) is 0 Å². The van der Waals surface area contributed by atoms with E-state index in [4.69, 9.17) is 0 Å². The molecule has 0 atom stereocenters. The monoisotopic (exact) mass is 296 g/mol. The Morgan fingerprint density at radius 3 is 2.45 bits per heavy atom. The number of carboxylic acid groups (broad SMARTS) is 1. The predicted molar refractivity (Wildman–Crippen MR) is 86.5 cm³/mol. The average molecular weight is 296 g/mol. The second kappa shape index (κ2) is 5.79. The Morgan fingerprint density at radius 2 is 1.77 bits per heavy atom. The fourth-order valence-electron chi connectivity index (χ4n) is 3.19. The van der Waals surface area contributed by atoms with E-state index in [0.29, 0.717) is 12.0 Å². The minimum Gasteiger partial charge on any atom is -0.478 e. The van der Waals surface area contributed by atoms with Crippen molar-refractivity contribution >= 4 is 11.5 Å². The summed E-state index contributed by atoms with van der Waals surface area (Å²) in [4.78, 5) is 11.4. The van der Waals surface area contributed by atoms with Gasteiger partial charge in [-0.2, -0.15) is 5.10 Å². The van der Waals surface area contributed by atoms with Gasteiger partial charge in [-0.15, -0.1) is 0 Å². The van der Waals surface area contributed by atoms with Crippen LogP contribution in [0.3, 0.4) is 0 Å². The van der Waals surface area contributed by atoms with Crippen LogP contribution in [0.25, 0.3) is 16.8 Å². The average Bonchev–Trinajstić information content (AvgIpc) is 2.96. The number of aliphatic carboxylic acids is 1. The first kappa shape index (κ1) is 14.6. The molecule has 1 aliphatic carbocycles. The molecule has 0 fully saturated rings. The van der Waals surface area contributed by atoms with E-state index in [0.717, 1.165) is 41.8 Å².